The first-order valence-electron chi connectivity index (χ1n) is 8.96. The molecule has 3 N–H and O–H groups in total. The molecule has 2 amide bonds. The third-order valence-corrected chi connectivity index (χ3v) is 4.56. The van der Waals surface area contributed by atoms with Gasteiger partial charge in [-0.15, -0.1) is 5.06 Å². The number of rotatable bonds is 7. The summed E-state index contributed by atoms with van der Waals surface area (Å²) in [5.74, 6) is -2.12. The van der Waals surface area contributed by atoms with Crippen LogP contribution in [0, 0.1) is 6.92 Å². The van der Waals surface area contributed by atoms with Gasteiger partial charge in [0.05, 0.1) is 24.7 Å². The standard InChI is InChI=1S/C19H20N2O8/c1-10-13-3-2-11(20-8-12(23)9-22)6-15(13)28-19(27)14(10)7-18(26)29-21-16(24)4-5-17(21)25/h2-3,6,12,20,22-23H,4-5,7-9H2,1H3. The first-order chi connectivity index (χ1) is 13.8. The lowest BCUT2D eigenvalue weighted by molar-refractivity contribution is -0.197. The topological polar surface area (TPSA) is 146 Å². The van der Waals surface area contributed by atoms with E-state index in [0.717, 1.165) is 0 Å². The van der Waals surface area contributed by atoms with Gasteiger partial charge >= 0.3 is 11.6 Å². The molecule has 1 unspecified atom stereocenters. The number of hydrogen-bond donors (Lipinski definition) is 3. The van der Waals surface area contributed by atoms with Crippen molar-refractivity contribution in [3.8, 4) is 0 Å². The van der Waals surface area contributed by atoms with E-state index in [1.807, 2.05) is 0 Å². The van der Waals surface area contributed by atoms with Crippen molar-refractivity contribution in [2.24, 2.45) is 0 Å². The van der Waals surface area contributed by atoms with Crippen LogP contribution in [0.15, 0.2) is 27.4 Å². The average molecular weight is 404 g/mol. The largest absolute Gasteiger partial charge is 0.422 e. The van der Waals surface area contributed by atoms with E-state index in [9.17, 15) is 24.3 Å². The first kappa shape index (κ1) is 20.5. The summed E-state index contributed by atoms with van der Waals surface area (Å²) < 4.78 is 5.30. The summed E-state index contributed by atoms with van der Waals surface area (Å²) in [5, 5.41) is 22.2. The number of aryl methyl sites for hydroxylation is 1. The van der Waals surface area contributed by atoms with E-state index < -0.39 is 35.9 Å². The fraction of sp³-hybridized carbons (Fsp3) is 0.368. The molecule has 1 aliphatic rings. The van der Waals surface area contributed by atoms with Gasteiger partial charge in [0, 0.05) is 36.5 Å². The lowest BCUT2D eigenvalue weighted by Gasteiger charge is -2.14. The Balaban J connectivity index is 1.80. The van der Waals surface area contributed by atoms with Crippen LogP contribution < -0.4 is 10.9 Å². The molecule has 0 bridgehead atoms. The maximum atomic E-state index is 12.4. The van der Waals surface area contributed by atoms with Gasteiger partial charge in [0.2, 0.25) is 0 Å². The van der Waals surface area contributed by atoms with Gasteiger partial charge in [-0.1, -0.05) is 0 Å². The van der Waals surface area contributed by atoms with E-state index in [0.29, 0.717) is 21.7 Å². The van der Waals surface area contributed by atoms with Gasteiger partial charge in [0.25, 0.3) is 11.8 Å². The fourth-order valence-electron chi connectivity index (χ4n) is 2.94. The number of hydroxylamine groups is 2. The lowest BCUT2D eigenvalue weighted by atomic mass is 10.0. The van der Waals surface area contributed by atoms with Crippen molar-refractivity contribution in [2.45, 2.75) is 32.3 Å². The molecule has 2 heterocycles. The minimum atomic E-state index is -0.929. The number of nitrogens with zero attached hydrogens (tertiary/aromatic N) is 1. The zero-order valence-corrected chi connectivity index (χ0v) is 15.6. The Hall–Kier alpha value is -3.24. The fourth-order valence-corrected chi connectivity index (χ4v) is 2.94. The minimum Gasteiger partial charge on any atom is -0.422 e. The van der Waals surface area contributed by atoms with E-state index in [4.69, 9.17) is 14.4 Å². The summed E-state index contributed by atoms with van der Waals surface area (Å²) >= 11 is 0. The van der Waals surface area contributed by atoms with Gasteiger partial charge in [0.1, 0.15) is 5.58 Å². The molecular weight excluding hydrogens is 384 g/mol. The molecule has 3 rings (SSSR count). The molecule has 1 fully saturated rings. The second-order valence-electron chi connectivity index (χ2n) is 6.64. The Kier molecular flexibility index (Phi) is 5.95. The van der Waals surface area contributed by atoms with Crippen molar-refractivity contribution >= 4 is 34.4 Å². The average Bonchev–Trinajstić information content (AvgIpc) is 3.01. The molecule has 0 radical (unpaired) electrons. The van der Waals surface area contributed by atoms with E-state index in [-0.39, 0.29) is 37.1 Å². The predicted octanol–water partition coefficient (Wildman–Crippen LogP) is 0.0162. The van der Waals surface area contributed by atoms with Crippen molar-refractivity contribution in [3.63, 3.8) is 0 Å². The van der Waals surface area contributed by atoms with Crippen LogP contribution in [0.3, 0.4) is 0 Å². The second kappa shape index (κ2) is 8.41. The smallest absolute Gasteiger partial charge is 0.340 e. The Labute approximate surface area is 164 Å². The number of aliphatic hydroxyl groups is 2. The monoisotopic (exact) mass is 404 g/mol. The number of nitrogens with one attached hydrogen (secondary N) is 1. The van der Waals surface area contributed by atoms with Crippen molar-refractivity contribution in [1.82, 2.24) is 5.06 Å². The molecule has 10 heteroatoms. The molecular formula is C19H20N2O8. The Morgan fingerprint density at radius 2 is 1.97 bits per heavy atom. The van der Waals surface area contributed by atoms with E-state index >= 15 is 0 Å². The van der Waals surface area contributed by atoms with Crippen molar-refractivity contribution in [3.05, 3.63) is 39.7 Å². The molecule has 0 saturated carbocycles. The number of anilines is 1. The Bertz CT molecular complexity index is 1010. The Morgan fingerprint density at radius 1 is 1.28 bits per heavy atom. The third kappa shape index (κ3) is 4.44. The van der Waals surface area contributed by atoms with Crippen LogP contribution in [0.25, 0.3) is 11.0 Å². The van der Waals surface area contributed by atoms with E-state index in [1.165, 1.54) is 0 Å². The quantitative estimate of drug-likeness (QED) is 0.429. The van der Waals surface area contributed by atoms with Gasteiger partial charge in [-0.3, -0.25) is 9.59 Å². The molecule has 1 saturated heterocycles. The summed E-state index contributed by atoms with van der Waals surface area (Å²) in [7, 11) is 0. The number of imide groups is 1. The highest BCUT2D eigenvalue weighted by molar-refractivity contribution is 6.01. The van der Waals surface area contributed by atoms with E-state index in [1.54, 1.807) is 25.1 Å². The highest BCUT2D eigenvalue weighted by Gasteiger charge is 2.33. The van der Waals surface area contributed by atoms with Crippen LogP contribution >= 0.6 is 0 Å². The molecule has 0 spiro atoms. The zero-order chi connectivity index (χ0) is 21.1. The van der Waals surface area contributed by atoms with E-state index in [2.05, 4.69) is 5.32 Å². The summed E-state index contributed by atoms with van der Waals surface area (Å²) in [6.45, 7) is 1.38. The molecule has 10 nitrogen and oxygen atoms in total. The third-order valence-electron chi connectivity index (χ3n) is 4.56. The minimum absolute atomic E-state index is 0.0189. The molecule has 1 atom stereocenters. The second-order valence-corrected chi connectivity index (χ2v) is 6.64. The molecule has 0 aliphatic carbocycles. The maximum absolute atomic E-state index is 12.4. The molecule has 2 aromatic rings. The summed E-state index contributed by atoms with van der Waals surface area (Å²) in [6, 6.07) is 4.95. The van der Waals surface area contributed by atoms with Gasteiger partial charge < -0.3 is 24.8 Å². The predicted molar refractivity (Wildman–Crippen MR) is 99.7 cm³/mol. The summed E-state index contributed by atoms with van der Waals surface area (Å²) in [5.41, 5.74) is 0.689. The van der Waals surface area contributed by atoms with Crippen molar-refractivity contribution < 1.29 is 33.9 Å². The number of hydrogen-bond acceptors (Lipinski definition) is 9. The molecule has 29 heavy (non-hydrogen) atoms. The van der Waals surface area contributed by atoms with Crippen LogP contribution in [0.5, 0.6) is 0 Å². The van der Waals surface area contributed by atoms with Crippen LogP contribution in [0.2, 0.25) is 0 Å². The molecule has 1 aromatic heterocycles. The highest BCUT2D eigenvalue weighted by atomic mass is 16.7. The summed E-state index contributed by atoms with van der Waals surface area (Å²) in [4.78, 5) is 52.4. The van der Waals surface area contributed by atoms with Crippen LogP contribution in [-0.2, 0) is 25.6 Å². The molecule has 1 aromatic carbocycles. The SMILES string of the molecule is Cc1c(CC(=O)ON2C(=O)CCC2=O)c(=O)oc2cc(NCC(O)CO)ccc12. The number of carbonyl (C=O) groups is 3. The Morgan fingerprint density at radius 3 is 2.62 bits per heavy atom. The normalized spacial score (nSPS) is 15.1. The van der Waals surface area contributed by atoms with Gasteiger partial charge in [0.15, 0.2) is 0 Å². The van der Waals surface area contributed by atoms with Gasteiger partial charge in [-0.05, 0) is 24.6 Å². The first-order valence-corrected chi connectivity index (χ1v) is 8.96. The number of fused-ring (bicyclic) bond motifs is 1. The van der Waals surface area contributed by atoms with Crippen LogP contribution in [-0.4, -0.2) is 52.3 Å². The number of carbonyl (C=O) groups excluding carboxylic acids is 3. The van der Waals surface area contributed by atoms with Gasteiger partial charge in [-0.2, -0.15) is 0 Å². The maximum Gasteiger partial charge on any atom is 0.340 e. The zero-order valence-electron chi connectivity index (χ0n) is 15.6. The van der Waals surface area contributed by atoms with Crippen LogP contribution in [0.1, 0.15) is 24.0 Å². The van der Waals surface area contributed by atoms with Crippen molar-refractivity contribution in [1.29, 1.82) is 0 Å². The number of amides is 2. The molecule has 154 valence electrons. The number of benzene rings is 1. The lowest BCUT2D eigenvalue weighted by Crippen LogP contribution is -2.33. The van der Waals surface area contributed by atoms with Gasteiger partial charge in [-0.25, -0.2) is 9.59 Å². The van der Waals surface area contributed by atoms with Crippen LogP contribution in [0.4, 0.5) is 5.69 Å². The summed E-state index contributed by atoms with van der Waals surface area (Å²) in [6.07, 6.45) is -1.42. The molecule has 1 aliphatic heterocycles. The highest BCUT2D eigenvalue weighted by Crippen LogP contribution is 2.23. The number of aliphatic hydroxyl groups excluding tert-OH is 2. The van der Waals surface area contributed by atoms with Crippen molar-refractivity contribution in [2.75, 3.05) is 18.5 Å².